The van der Waals surface area contributed by atoms with Gasteiger partial charge in [-0.1, -0.05) is 11.2 Å². The Morgan fingerprint density at radius 3 is 2.86 bits per heavy atom. The molecule has 7 heteroatoms. The number of rotatable bonds is 3. The van der Waals surface area contributed by atoms with Crippen molar-refractivity contribution in [3.05, 3.63) is 53.4 Å². The number of nitrogens with zero attached hydrogens (tertiary/aromatic N) is 2. The van der Waals surface area contributed by atoms with Crippen LogP contribution in [0.5, 0.6) is 0 Å². The van der Waals surface area contributed by atoms with Crippen LogP contribution < -0.4 is 5.32 Å². The van der Waals surface area contributed by atoms with Crippen molar-refractivity contribution in [1.29, 1.82) is 0 Å². The Hall–Kier alpha value is -2.28. The number of hydrogen-bond donors (Lipinski definition) is 1. The Bertz CT molecular complexity index is 675. The quantitative estimate of drug-likeness (QED) is 0.944. The molecule has 2 atom stereocenters. The summed E-state index contributed by atoms with van der Waals surface area (Å²) in [6.07, 6.45) is 2.03. The monoisotopic (exact) mass is 307 g/mol. The number of amides is 1. The zero-order valence-corrected chi connectivity index (χ0v) is 11.9. The van der Waals surface area contributed by atoms with E-state index >= 15 is 0 Å². The van der Waals surface area contributed by atoms with Gasteiger partial charge in [0.25, 0.3) is 5.91 Å². The Labute approximate surface area is 125 Å². The molecule has 2 heterocycles. The molecule has 0 bridgehead atoms. The first-order valence-corrected chi connectivity index (χ1v) is 6.92. The third kappa shape index (κ3) is 2.71. The molecule has 1 amide bonds. The Morgan fingerprint density at radius 1 is 1.36 bits per heavy atom. The second-order valence-corrected chi connectivity index (χ2v) is 5.35. The summed E-state index contributed by atoms with van der Waals surface area (Å²) in [5.74, 6) is -2.12. The highest BCUT2D eigenvalue weighted by molar-refractivity contribution is 5.92. The molecule has 1 saturated heterocycles. The van der Waals surface area contributed by atoms with Crippen molar-refractivity contribution in [2.75, 3.05) is 13.6 Å². The van der Waals surface area contributed by atoms with Crippen molar-refractivity contribution >= 4 is 5.91 Å². The highest BCUT2D eigenvalue weighted by Gasteiger charge is 2.34. The largest absolute Gasteiger partial charge is 0.364 e. The Morgan fingerprint density at radius 2 is 2.18 bits per heavy atom. The zero-order chi connectivity index (χ0) is 15.7. The zero-order valence-electron chi connectivity index (χ0n) is 11.9. The third-order valence-electron chi connectivity index (χ3n) is 3.92. The first-order chi connectivity index (χ1) is 10.6. The molecule has 1 fully saturated rings. The van der Waals surface area contributed by atoms with Gasteiger partial charge < -0.3 is 9.84 Å². The number of aromatic nitrogens is 1. The summed E-state index contributed by atoms with van der Waals surface area (Å²) in [6, 6.07) is 4.87. The fourth-order valence-electron chi connectivity index (χ4n) is 2.85. The van der Waals surface area contributed by atoms with E-state index in [2.05, 4.69) is 15.0 Å². The normalized spacial score (nSPS) is 22.0. The maximum Gasteiger partial charge on any atom is 0.273 e. The highest BCUT2D eigenvalue weighted by Crippen LogP contribution is 2.31. The number of benzene rings is 1. The van der Waals surface area contributed by atoms with Gasteiger partial charge in [0.05, 0.1) is 12.1 Å². The van der Waals surface area contributed by atoms with E-state index in [4.69, 9.17) is 0 Å². The van der Waals surface area contributed by atoms with Gasteiger partial charge in [0.1, 0.15) is 6.26 Å². The van der Waals surface area contributed by atoms with Crippen LogP contribution in [0.4, 0.5) is 8.78 Å². The molecule has 1 aliphatic rings. The van der Waals surface area contributed by atoms with E-state index in [-0.39, 0.29) is 23.7 Å². The van der Waals surface area contributed by atoms with Crippen LogP contribution in [0.15, 0.2) is 35.1 Å². The van der Waals surface area contributed by atoms with Crippen LogP contribution in [0.25, 0.3) is 0 Å². The van der Waals surface area contributed by atoms with Gasteiger partial charge in [-0.05, 0) is 31.2 Å². The van der Waals surface area contributed by atoms with Crippen molar-refractivity contribution < 1.29 is 18.1 Å². The predicted molar refractivity (Wildman–Crippen MR) is 74.1 cm³/mol. The third-order valence-corrected chi connectivity index (χ3v) is 3.92. The molecule has 1 N–H and O–H groups in total. The van der Waals surface area contributed by atoms with Gasteiger partial charge in [-0.15, -0.1) is 0 Å². The minimum absolute atomic E-state index is 0.193. The molecule has 2 unspecified atom stereocenters. The number of carbonyl (C=O) groups is 1. The first-order valence-electron chi connectivity index (χ1n) is 6.92. The van der Waals surface area contributed by atoms with Gasteiger partial charge in [0, 0.05) is 12.6 Å². The van der Waals surface area contributed by atoms with Crippen molar-refractivity contribution in [1.82, 2.24) is 15.4 Å². The smallest absolute Gasteiger partial charge is 0.273 e. The Kier molecular flexibility index (Phi) is 3.89. The van der Waals surface area contributed by atoms with E-state index in [9.17, 15) is 13.6 Å². The Balaban J connectivity index is 1.81. The maximum atomic E-state index is 13.5. The molecule has 1 aromatic carbocycles. The van der Waals surface area contributed by atoms with Crippen LogP contribution in [0.1, 0.15) is 28.5 Å². The number of nitrogens with one attached hydrogen (secondary N) is 1. The molecular weight excluding hydrogens is 292 g/mol. The second kappa shape index (κ2) is 5.84. The van der Waals surface area contributed by atoms with Crippen molar-refractivity contribution in [3.8, 4) is 0 Å². The second-order valence-electron chi connectivity index (χ2n) is 5.35. The van der Waals surface area contributed by atoms with Gasteiger partial charge >= 0.3 is 0 Å². The number of carbonyl (C=O) groups excluding carboxylic acids is 1. The van der Waals surface area contributed by atoms with Crippen molar-refractivity contribution in [3.63, 3.8) is 0 Å². The molecule has 0 radical (unpaired) electrons. The minimum Gasteiger partial charge on any atom is -0.364 e. The van der Waals surface area contributed by atoms with Gasteiger partial charge in [0.15, 0.2) is 17.3 Å². The molecule has 1 aliphatic heterocycles. The van der Waals surface area contributed by atoms with Crippen LogP contribution in [-0.2, 0) is 0 Å². The lowest BCUT2D eigenvalue weighted by Crippen LogP contribution is -2.39. The van der Waals surface area contributed by atoms with Crippen molar-refractivity contribution in [2.45, 2.75) is 18.5 Å². The average molecular weight is 307 g/mol. The summed E-state index contributed by atoms with van der Waals surface area (Å²) in [7, 11) is 1.88. The molecule has 3 rings (SSSR count). The van der Waals surface area contributed by atoms with E-state index < -0.39 is 11.6 Å². The maximum absolute atomic E-state index is 13.5. The lowest BCUT2D eigenvalue weighted by atomic mass is 9.99. The van der Waals surface area contributed by atoms with Crippen LogP contribution in [0.2, 0.25) is 0 Å². The molecule has 116 valence electrons. The fourth-order valence-corrected chi connectivity index (χ4v) is 2.85. The molecule has 2 aromatic rings. The van der Waals surface area contributed by atoms with E-state index in [1.807, 2.05) is 11.9 Å². The number of likely N-dealkylation sites (tertiary alicyclic amines) is 1. The summed E-state index contributed by atoms with van der Waals surface area (Å²) in [4.78, 5) is 14.1. The van der Waals surface area contributed by atoms with E-state index in [1.165, 1.54) is 18.4 Å². The summed E-state index contributed by atoms with van der Waals surface area (Å²) >= 11 is 0. The summed E-state index contributed by atoms with van der Waals surface area (Å²) < 4.78 is 31.2. The van der Waals surface area contributed by atoms with Gasteiger partial charge in [-0.2, -0.15) is 0 Å². The number of likely N-dealkylation sites (N-methyl/N-ethyl adjacent to an activating group) is 1. The lowest BCUT2D eigenvalue weighted by molar-refractivity contribution is 0.0918. The SMILES string of the molecule is CN1CCC(NC(=O)c2ccon2)C1c1ccc(F)c(F)c1. The van der Waals surface area contributed by atoms with Gasteiger partial charge in [0.2, 0.25) is 0 Å². The standard InChI is InChI=1S/C15H15F2N3O2/c1-20-6-4-12(18-15(21)13-5-7-22-19-13)14(20)9-2-3-10(16)11(17)8-9/h2-3,5,7-8,12,14H,4,6H2,1H3,(H,18,21). The van der Waals surface area contributed by atoms with E-state index in [0.717, 1.165) is 12.6 Å². The van der Waals surface area contributed by atoms with Crippen LogP contribution in [0, 0.1) is 11.6 Å². The van der Waals surface area contributed by atoms with Crippen LogP contribution >= 0.6 is 0 Å². The molecule has 0 spiro atoms. The van der Waals surface area contributed by atoms with Crippen LogP contribution in [-0.4, -0.2) is 35.6 Å². The topological polar surface area (TPSA) is 58.4 Å². The van der Waals surface area contributed by atoms with E-state index in [0.29, 0.717) is 12.0 Å². The minimum atomic E-state index is -0.889. The fraction of sp³-hybridized carbons (Fsp3) is 0.333. The van der Waals surface area contributed by atoms with Gasteiger partial charge in [-0.25, -0.2) is 8.78 Å². The number of halogens is 2. The summed E-state index contributed by atoms with van der Waals surface area (Å²) in [5.41, 5.74) is 0.822. The van der Waals surface area contributed by atoms with E-state index in [1.54, 1.807) is 6.07 Å². The lowest BCUT2D eigenvalue weighted by Gasteiger charge is -2.26. The molecular formula is C15H15F2N3O2. The summed E-state index contributed by atoms with van der Waals surface area (Å²) in [5, 5.41) is 6.47. The molecule has 0 saturated carbocycles. The average Bonchev–Trinajstić information content (AvgIpc) is 3.13. The first kappa shape index (κ1) is 14.6. The van der Waals surface area contributed by atoms with Crippen molar-refractivity contribution in [2.24, 2.45) is 0 Å². The highest BCUT2D eigenvalue weighted by atomic mass is 19.2. The number of hydrogen-bond acceptors (Lipinski definition) is 4. The predicted octanol–water partition coefficient (Wildman–Crippen LogP) is 2.13. The molecule has 5 nitrogen and oxygen atoms in total. The van der Waals surface area contributed by atoms with Crippen LogP contribution in [0.3, 0.4) is 0 Å². The molecule has 22 heavy (non-hydrogen) atoms. The summed E-state index contributed by atoms with van der Waals surface area (Å²) in [6.45, 7) is 0.743. The van der Waals surface area contributed by atoms with Gasteiger partial charge in [-0.3, -0.25) is 9.69 Å². The molecule has 0 aliphatic carbocycles. The molecule has 1 aromatic heterocycles.